The average molecular weight is 322 g/mol. The summed E-state index contributed by atoms with van der Waals surface area (Å²) in [5.74, 6) is -1.30. The lowest BCUT2D eigenvalue weighted by Crippen LogP contribution is -2.25. The van der Waals surface area contributed by atoms with Crippen LogP contribution in [-0.2, 0) is 19.1 Å². The molecule has 0 aliphatic rings. The summed E-state index contributed by atoms with van der Waals surface area (Å²) in [5, 5.41) is 5.32. The Balaban J connectivity index is 2.54. The number of amides is 2. The summed E-state index contributed by atoms with van der Waals surface area (Å²) < 4.78 is 9.61. The van der Waals surface area contributed by atoms with Gasteiger partial charge in [-0.05, 0) is 31.5 Å². The second-order valence-corrected chi connectivity index (χ2v) is 4.71. The molecule has 2 N–H and O–H groups in total. The number of carbonyl (C=O) groups excluding carboxylic acids is 3. The minimum atomic E-state index is -0.586. The molecule has 0 unspecified atom stereocenters. The lowest BCUT2D eigenvalue weighted by molar-refractivity contribution is -0.145. The van der Waals surface area contributed by atoms with E-state index in [1.54, 1.807) is 38.3 Å². The third-order valence-electron chi connectivity index (χ3n) is 2.83. The van der Waals surface area contributed by atoms with Crippen molar-refractivity contribution in [2.24, 2.45) is 0 Å². The maximum absolute atomic E-state index is 12.0. The molecule has 126 valence electrons. The van der Waals surface area contributed by atoms with Gasteiger partial charge in [-0.15, -0.1) is 0 Å². The fourth-order valence-corrected chi connectivity index (χ4v) is 1.81. The number of anilines is 1. The van der Waals surface area contributed by atoms with Crippen LogP contribution in [0.15, 0.2) is 24.3 Å². The molecule has 0 fully saturated rings. The van der Waals surface area contributed by atoms with Crippen molar-refractivity contribution in [3.8, 4) is 0 Å². The maximum Gasteiger partial charge on any atom is 0.315 e. The predicted octanol–water partition coefficient (Wildman–Crippen LogP) is 1.34. The first-order chi connectivity index (χ1) is 11.1. The topological polar surface area (TPSA) is 93.7 Å². The van der Waals surface area contributed by atoms with Crippen molar-refractivity contribution in [1.29, 1.82) is 0 Å². The van der Waals surface area contributed by atoms with Crippen molar-refractivity contribution in [1.82, 2.24) is 5.32 Å². The van der Waals surface area contributed by atoms with Crippen LogP contribution >= 0.6 is 0 Å². The molecule has 0 saturated heterocycles. The van der Waals surface area contributed by atoms with E-state index in [9.17, 15) is 14.4 Å². The average Bonchev–Trinajstić information content (AvgIpc) is 2.51. The Labute approximate surface area is 135 Å². The summed E-state index contributed by atoms with van der Waals surface area (Å²) in [6.45, 7) is 2.98. The van der Waals surface area contributed by atoms with Crippen LogP contribution < -0.4 is 10.6 Å². The van der Waals surface area contributed by atoms with Gasteiger partial charge in [0.1, 0.15) is 6.42 Å². The van der Waals surface area contributed by atoms with Crippen molar-refractivity contribution in [2.45, 2.75) is 19.8 Å². The molecule has 1 aromatic rings. The lowest BCUT2D eigenvalue weighted by Gasteiger charge is -2.08. The highest BCUT2D eigenvalue weighted by atomic mass is 16.5. The molecule has 7 nitrogen and oxygen atoms in total. The molecule has 23 heavy (non-hydrogen) atoms. The molecular formula is C16H22N2O5. The zero-order valence-corrected chi connectivity index (χ0v) is 13.4. The standard InChI is InChI=1S/C16H22N2O5/c1-3-23-15(20)11-14(19)18-13-7-4-6-12(10-13)16(21)17-8-5-9-22-2/h4,6-7,10H,3,5,8-9,11H2,1-2H3,(H,17,21)(H,18,19). The second kappa shape index (κ2) is 10.3. The molecule has 7 heteroatoms. The van der Waals surface area contributed by atoms with E-state index >= 15 is 0 Å². The molecule has 0 aliphatic carbocycles. The van der Waals surface area contributed by atoms with Gasteiger partial charge in [0.05, 0.1) is 6.61 Å². The van der Waals surface area contributed by atoms with Crippen molar-refractivity contribution in [3.63, 3.8) is 0 Å². The molecule has 1 rings (SSSR count). The van der Waals surface area contributed by atoms with Crippen molar-refractivity contribution >= 4 is 23.5 Å². The van der Waals surface area contributed by atoms with Crippen LogP contribution in [-0.4, -0.2) is 44.7 Å². The Bertz CT molecular complexity index is 545. The maximum atomic E-state index is 12.0. The number of carbonyl (C=O) groups is 3. The second-order valence-electron chi connectivity index (χ2n) is 4.71. The van der Waals surface area contributed by atoms with Crippen LogP contribution in [0.2, 0.25) is 0 Å². The quantitative estimate of drug-likeness (QED) is 0.406. The SMILES string of the molecule is CCOC(=O)CC(=O)Nc1cccc(C(=O)NCCCOC)c1. The van der Waals surface area contributed by atoms with E-state index in [0.29, 0.717) is 24.4 Å². The zero-order chi connectivity index (χ0) is 17.1. The normalized spacial score (nSPS) is 10.0. The number of hydrogen-bond donors (Lipinski definition) is 2. The van der Waals surface area contributed by atoms with Gasteiger partial charge in [-0.3, -0.25) is 14.4 Å². The Kier molecular flexibility index (Phi) is 8.38. The number of hydrogen-bond acceptors (Lipinski definition) is 5. The third-order valence-corrected chi connectivity index (χ3v) is 2.83. The summed E-state index contributed by atoms with van der Waals surface area (Å²) in [6.07, 6.45) is 0.361. The first kappa shape index (κ1) is 18.6. The van der Waals surface area contributed by atoms with Crippen molar-refractivity contribution < 1.29 is 23.9 Å². The van der Waals surface area contributed by atoms with Gasteiger partial charge in [0, 0.05) is 31.5 Å². The smallest absolute Gasteiger partial charge is 0.315 e. The molecule has 0 bridgehead atoms. The fraction of sp³-hybridized carbons (Fsp3) is 0.438. The van der Waals surface area contributed by atoms with Crippen LogP contribution in [0, 0.1) is 0 Å². The molecular weight excluding hydrogens is 300 g/mol. The van der Waals surface area contributed by atoms with Crippen LogP contribution in [0.4, 0.5) is 5.69 Å². The van der Waals surface area contributed by atoms with Gasteiger partial charge < -0.3 is 20.1 Å². The minimum absolute atomic E-state index is 0.227. The van der Waals surface area contributed by atoms with E-state index in [2.05, 4.69) is 10.6 Å². The van der Waals surface area contributed by atoms with E-state index in [1.807, 2.05) is 0 Å². The van der Waals surface area contributed by atoms with E-state index in [1.165, 1.54) is 0 Å². The van der Waals surface area contributed by atoms with Gasteiger partial charge in [-0.1, -0.05) is 6.07 Å². The van der Waals surface area contributed by atoms with Gasteiger partial charge in [-0.2, -0.15) is 0 Å². The highest BCUT2D eigenvalue weighted by Crippen LogP contribution is 2.11. The number of ether oxygens (including phenoxy) is 2. The Morgan fingerprint density at radius 2 is 2.00 bits per heavy atom. The summed E-state index contributed by atoms with van der Waals surface area (Å²) in [7, 11) is 1.60. The number of methoxy groups -OCH3 is 1. The summed E-state index contributed by atoms with van der Waals surface area (Å²) in [5.41, 5.74) is 0.875. The Morgan fingerprint density at radius 1 is 1.22 bits per heavy atom. The number of nitrogens with one attached hydrogen (secondary N) is 2. The molecule has 0 heterocycles. The molecule has 2 amide bonds. The molecule has 0 aliphatic heterocycles. The van der Waals surface area contributed by atoms with E-state index < -0.39 is 11.9 Å². The Hall–Kier alpha value is -2.41. The third kappa shape index (κ3) is 7.42. The summed E-state index contributed by atoms with van der Waals surface area (Å²) in [6, 6.07) is 6.50. The van der Waals surface area contributed by atoms with E-state index in [0.717, 1.165) is 6.42 Å². The molecule has 0 atom stereocenters. The van der Waals surface area contributed by atoms with Crippen LogP contribution in [0.3, 0.4) is 0 Å². The highest BCUT2D eigenvalue weighted by Gasteiger charge is 2.11. The highest BCUT2D eigenvalue weighted by molar-refractivity contribution is 6.02. The van der Waals surface area contributed by atoms with Crippen molar-refractivity contribution in [2.75, 3.05) is 32.2 Å². The first-order valence-electron chi connectivity index (χ1n) is 7.39. The van der Waals surface area contributed by atoms with Crippen LogP contribution in [0.25, 0.3) is 0 Å². The van der Waals surface area contributed by atoms with Crippen LogP contribution in [0.5, 0.6) is 0 Å². The molecule has 0 aromatic heterocycles. The van der Waals surface area contributed by atoms with Gasteiger partial charge in [0.15, 0.2) is 0 Å². The number of benzene rings is 1. The van der Waals surface area contributed by atoms with E-state index in [4.69, 9.17) is 9.47 Å². The fourth-order valence-electron chi connectivity index (χ4n) is 1.81. The van der Waals surface area contributed by atoms with E-state index in [-0.39, 0.29) is 18.9 Å². The summed E-state index contributed by atoms with van der Waals surface area (Å²) in [4.78, 5) is 34.9. The zero-order valence-electron chi connectivity index (χ0n) is 13.4. The predicted molar refractivity (Wildman–Crippen MR) is 85.1 cm³/mol. The van der Waals surface area contributed by atoms with Crippen LogP contribution in [0.1, 0.15) is 30.1 Å². The van der Waals surface area contributed by atoms with Gasteiger partial charge in [0.25, 0.3) is 5.91 Å². The summed E-state index contributed by atoms with van der Waals surface area (Å²) >= 11 is 0. The van der Waals surface area contributed by atoms with Gasteiger partial charge in [0.2, 0.25) is 5.91 Å². The molecule has 0 spiro atoms. The first-order valence-corrected chi connectivity index (χ1v) is 7.39. The van der Waals surface area contributed by atoms with Gasteiger partial charge in [-0.25, -0.2) is 0 Å². The number of esters is 1. The monoisotopic (exact) mass is 322 g/mol. The lowest BCUT2D eigenvalue weighted by atomic mass is 10.2. The van der Waals surface area contributed by atoms with Crippen molar-refractivity contribution in [3.05, 3.63) is 29.8 Å². The minimum Gasteiger partial charge on any atom is -0.466 e. The van der Waals surface area contributed by atoms with Gasteiger partial charge >= 0.3 is 5.97 Å². The Morgan fingerprint density at radius 3 is 2.70 bits per heavy atom. The largest absolute Gasteiger partial charge is 0.466 e. The molecule has 0 radical (unpaired) electrons. The number of rotatable bonds is 9. The molecule has 0 saturated carbocycles. The molecule has 1 aromatic carbocycles.